The van der Waals surface area contributed by atoms with Crippen LogP contribution in [-0.4, -0.2) is 0 Å². The highest BCUT2D eigenvalue weighted by molar-refractivity contribution is 5.15. The van der Waals surface area contributed by atoms with Gasteiger partial charge in [-0.2, -0.15) is 0 Å². The molecule has 0 aliphatic heterocycles. The van der Waals surface area contributed by atoms with Crippen LogP contribution in [0.1, 0.15) is 39.5 Å². The lowest BCUT2D eigenvalue weighted by atomic mass is 9.71. The van der Waals surface area contributed by atoms with Crippen LogP contribution in [-0.2, 0) is 0 Å². The van der Waals surface area contributed by atoms with Gasteiger partial charge in [-0.15, -0.1) is 0 Å². The summed E-state index contributed by atoms with van der Waals surface area (Å²) in [5.41, 5.74) is 1.81. The Morgan fingerprint density at radius 3 is 2.25 bits per heavy atom. The Labute approximate surface area is 76.4 Å². The lowest BCUT2D eigenvalue weighted by molar-refractivity contribution is 0.210. The summed E-state index contributed by atoms with van der Waals surface area (Å²) in [4.78, 5) is 0. The van der Waals surface area contributed by atoms with Gasteiger partial charge in [0.15, 0.2) is 0 Å². The molecule has 0 aromatic carbocycles. The minimum atomic E-state index is 0.567. The first-order valence-corrected chi connectivity index (χ1v) is 4.86. The molecule has 0 aromatic heterocycles. The highest BCUT2D eigenvalue weighted by atomic mass is 14.3. The predicted molar refractivity (Wildman–Crippen MR) is 55.1 cm³/mol. The van der Waals surface area contributed by atoms with E-state index in [4.69, 9.17) is 0 Å². The lowest BCUT2D eigenvalue weighted by Gasteiger charge is -2.34. The molecular weight excluding hydrogens is 144 g/mol. The molecule has 0 bridgehead atoms. The molecular formula is C12H20. The van der Waals surface area contributed by atoms with Crippen LogP contribution in [0, 0.1) is 11.3 Å². The second-order valence-electron chi connectivity index (χ2n) is 4.72. The number of hydrogen-bond donors (Lipinski definition) is 0. The number of allylic oxidation sites excluding steroid dienone is 2. The van der Waals surface area contributed by atoms with Crippen LogP contribution < -0.4 is 0 Å². The zero-order valence-corrected chi connectivity index (χ0v) is 8.40. The van der Waals surface area contributed by atoms with E-state index in [1.165, 1.54) is 31.3 Å². The first-order valence-electron chi connectivity index (χ1n) is 4.86. The SMILES string of the molecule is C=CC(=C)C1CCC(C)(C)CC1. The molecule has 1 saturated carbocycles. The van der Waals surface area contributed by atoms with Crippen LogP contribution in [0.4, 0.5) is 0 Å². The molecule has 12 heavy (non-hydrogen) atoms. The molecule has 1 aliphatic carbocycles. The van der Waals surface area contributed by atoms with Crippen molar-refractivity contribution in [3.63, 3.8) is 0 Å². The Hall–Kier alpha value is -0.520. The highest BCUT2D eigenvalue weighted by Gasteiger charge is 2.26. The zero-order chi connectivity index (χ0) is 9.19. The summed E-state index contributed by atoms with van der Waals surface area (Å²) in [6.45, 7) is 12.5. The van der Waals surface area contributed by atoms with E-state index in [1.54, 1.807) is 0 Å². The molecule has 1 rings (SSSR count). The fourth-order valence-electron chi connectivity index (χ4n) is 1.94. The Balaban J connectivity index is 2.46. The molecule has 0 amide bonds. The van der Waals surface area contributed by atoms with Crippen molar-refractivity contribution in [2.24, 2.45) is 11.3 Å². The van der Waals surface area contributed by atoms with Gasteiger partial charge in [-0.25, -0.2) is 0 Å². The topological polar surface area (TPSA) is 0 Å². The minimum Gasteiger partial charge on any atom is -0.0988 e. The van der Waals surface area contributed by atoms with Crippen LogP contribution in [0.3, 0.4) is 0 Å². The van der Waals surface area contributed by atoms with Gasteiger partial charge < -0.3 is 0 Å². The molecule has 0 radical (unpaired) electrons. The minimum absolute atomic E-state index is 0.567. The van der Waals surface area contributed by atoms with E-state index in [9.17, 15) is 0 Å². The Morgan fingerprint density at radius 1 is 1.33 bits per heavy atom. The van der Waals surface area contributed by atoms with E-state index < -0.39 is 0 Å². The maximum atomic E-state index is 4.03. The average molecular weight is 164 g/mol. The molecule has 68 valence electrons. The molecule has 0 N–H and O–H groups in total. The lowest BCUT2D eigenvalue weighted by Crippen LogP contribution is -2.21. The molecule has 0 unspecified atom stereocenters. The normalized spacial score (nSPS) is 23.5. The summed E-state index contributed by atoms with van der Waals surface area (Å²) in [7, 11) is 0. The molecule has 0 spiro atoms. The first kappa shape index (κ1) is 9.57. The maximum absolute atomic E-state index is 4.03. The summed E-state index contributed by atoms with van der Waals surface area (Å²) in [6, 6.07) is 0. The van der Waals surface area contributed by atoms with Crippen molar-refractivity contribution in [2.75, 3.05) is 0 Å². The molecule has 0 aromatic rings. The zero-order valence-electron chi connectivity index (χ0n) is 8.40. The van der Waals surface area contributed by atoms with E-state index in [1.807, 2.05) is 6.08 Å². The van der Waals surface area contributed by atoms with Gasteiger partial charge in [0.05, 0.1) is 0 Å². The van der Waals surface area contributed by atoms with Gasteiger partial charge in [-0.1, -0.05) is 38.7 Å². The molecule has 0 nitrogen and oxygen atoms in total. The number of hydrogen-bond acceptors (Lipinski definition) is 0. The van der Waals surface area contributed by atoms with E-state index in [2.05, 4.69) is 27.0 Å². The summed E-state index contributed by atoms with van der Waals surface area (Å²) in [6.07, 6.45) is 7.20. The third-order valence-electron chi connectivity index (χ3n) is 3.13. The van der Waals surface area contributed by atoms with Gasteiger partial charge in [0, 0.05) is 0 Å². The third-order valence-corrected chi connectivity index (χ3v) is 3.13. The Morgan fingerprint density at radius 2 is 1.83 bits per heavy atom. The fourth-order valence-corrected chi connectivity index (χ4v) is 1.94. The van der Waals surface area contributed by atoms with Gasteiger partial charge in [-0.05, 0) is 37.0 Å². The van der Waals surface area contributed by atoms with Crippen LogP contribution in [0.5, 0.6) is 0 Å². The van der Waals surface area contributed by atoms with Crippen molar-refractivity contribution in [1.82, 2.24) is 0 Å². The summed E-state index contributed by atoms with van der Waals surface area (Å²) in [5.74, 6) is 0.718. The van der Waals surface area contributed by atoms with Gasteiger partial charge in [0.2, 0.25) is 0 Å². The number of rotatable bonds is 2. The van der Waals surface area contributed by atoms with E-state index >= 15 is 0 Å². The van der Waals surface area contributed by atoms with Gasteiger partial charge in [-0.3, -0.25) is 0 Å². The van der Waals surface area contributed by atoms with Gasteiger partial charge in [0.25, 0.3) is 0 Å². The van der Waals surface area contributed by atoms with Crippen LogP contribution in [0.15, 0.2) is 24.8 Å². The quantitative estimate of drug-likeness (QED) is 0.542. The molecule has 0 heterocycles. The molecule has 0 saturated heterocycles. The third kappa shape index (κ3) is 2.23. The maximum Gasteiger partial charge on any atom is -0.0168 e. The van der Waals surface area contributed by atoms with E-state index in [0.29, 0.717) is 5.41 Å². The van der Waals surface area contributed by atoms with Crippen molar-refractivity contribution in [1.29, 1.82) is 0 Å². The van der Waals surface area contributed by atoms with Crippen molar-refractivity contribution in [2.45, 2.75) is 39.5 Å². The Kier molecular flexibility index (Phi) is 2.76. The monoisotopic (exact) mass is 164 g/mol. The largest absolute Gasteiger partial charge is 0.0988 e. The first-order chi connectivity index (χ1) is 5.55. The molecule has 1 aliphatic rings. The van der Waals surface area contributed by atoms with Gasteiger partial charge >= 0.3 is 0 Å². The Bertz CT molecular complexity index is 176. The predicted octanol–water partition coefficient (Wildman–Crippen LogP) is 3.95. The second-order valence-corrected chi connectivity index (χ2v) is 4.72. The van der Waals surface area contributed by atoms with Crippen molar-refractivity contribution in [3.8, 4) is 0 Å². The summed E-state index contributed by atoms with van der Waals surface area (Å²) >= 11 is 0. The summed E-state index contributed by atoms with van der Waals surface area (Å²) in [5, 5.41) is 0. The highest BCUT2D eigenvalue weighted by Crippen LogP contribution is 2.40. The van der Waals surface area contributed by atoms with Crippen LogP contribution >= 0.6 is 0 Å². The van der Waals surface area contributed by atoms with E-state index in [0.717, 1.165) is 5.92 Å². The van der Waals surface area contributed by atoms with E-state index in [-0.39, 0.29) is 0 Å². The summed E-state index contributed by atoms with van der Waals surface area (Å²) < 4.78 is 0. The van der Waals surface area contributed by atoms with Gasteiger partial charge in [0.1, 0.15) is 0 Å². The van der Waals surface area contributed by atoms with Crippen molar-refractivity contribution < 1.29 is 0 Å². The average Bonchev–Trinajstić information content (AvgIpc) is 2.03. The van der Waals surface area contributed by atoms with Crippen molar-refractivity contribution >= 4 is 0 Å². The second kappa shape index (κ2) is 3.47. The van der Waals surface area contributed by atoms with Crippen LogP contribution in [0.2, 0.25) is 0 Å². The van der Waals surface area contributed by atoms with Crippen molar-refractivity contribution in [3.05, 3.63) is 24.8 Å². The smallest absolute Gasteiger partial charge is 0.0168 e. The van der Waals surface area contributed by atoms with Crippen LogP contribution in [0.25, 0.3) is 0 Å². The fraction of sp³-hybridized carbons (Fsp3) is 0.667. The molecule has 1 fully saturated rings. The molecule has 0 heteroatoms. The standard InChI is InChI=1S/C12H20/c1-5-10(2)11-6-8-12(3,4)9-7-11/h5,11H,1-2,6-9H2,3-4H3. The molecule has 0 atom stereocenters.